The van der Waals surface area contributed by atoms with E-state index in [1.54, 1.807) is 18.6 Å². The fraction of sp³-hybridized carbons (Fsp3) is 0.667. The fourth-order valence-electron chi connectivity index (χ4n) is 2.65. The number of rotatable bonds is 2. The molecule has 0 amide bonds. The van der Waals surface area contributed by atoms with Crippen LogP contribution >= 0.6 is 0 Å². The molecule has 0 aromatic carbocycles. The molecular weight excluding hydrogens is 186 g/mol. The van der Waals surface area contributed by atoms with Crippen molar-refractivity contribution in [3.8, 4) is 0 Å². The lowest BCUT2D eigenvalue weighted by Crippen LogP contribution is -2.30. The van der Waals surface area contributed by atoms with E-state index in [-0.39, 0.29) is 0 Å². The fourth-order valence-corrected chi connectivity index (χ4v) is 2.65. The second kappa shape index (κ2) is 4.60. The van der Waals surface area contributed by atoms with Crippen molar-refractivity contribution in [1.29, 1.82) is 0 Å². The summed E-state index contributed by atoms with van der Waals surface area (Å²) >= 11 is 0. The Balaban J connectivity index is 1.94. The van der Waals surface area contributed by atoms with Gasteiger partial charge in [-0.25, -0.2) is 4.98 Å². The Morgan fingerprint density at radius 2 is 1.87 bits per heavy atom. The minimum atomic E-state index is 0.570. The van der Waals surface area contributed by atoms with E-state index in [2.05, 4.69) is 29.1 Å². The number of nitrogens with zero attached hydrogens (tertiary/aromatic N) is 2. The van der Waals surface area contributed by atoms with Crippen LogP contribution in [0, 0.1) is 11.8 Å². The Bertz CT molecular complexity index is 289. The van der Waals surface area contributed by atoms with Gasteiger partial charge in [0.2, 0.25) is 0 Å². The van der Waals surface area contributed by atoms with Crippen LogP contribution in [0.1, 0.15) is 33.1 Å². The summed E-state index contributed by atoms with van der Waals surface area (Å²) in [7, 11) is 0. The van der Waals surface area contributed by atoms with Gasteiger partial charge in [0.25, 0.3) is 0 Å². The molecule has 1 aromatic heterocycles. The number of hydrogen-bond donors (Lipinski definition) is 1. The number of hydrogen-bond acceptors (Lipinski definition) is 3. The largest absolute Gasteiger partial charge is 0.366 e. The molecule has 1 aliphatic rings. The maximum absolute atomic E-state index is 4.25. The van der Waals surface area contributed by atoms with Crippen LogP contribution in [0.25, 0.3) is 0 Å². The Labute approximate surface area is 91.3 Å². The Morgan fingerprint density at radius 1 is 1.13 bits per heavy atom. The number of anilines is 1. The monoisotopic (exact) mass is 205 g/mol. The molecule has 1 aliphatic carbocycles. The molecule has 0 aliphatic heterocycles. The quantitative estimate of drug-likeness (QED) is 0.806. The van der Waals surface area contributed by atoms with Crippen molar-refractivity contribution < 1.29 is 0 Å². The minimum absolute atomic E-state index is 0.570. The molecule has 82 valence electrons. The highest BCUT2D eigenvalue weighted by Gasteiger charge is 2.23. The van der Waals surface area contributed by atoms with E-state index in [0.717, 1.165) is 17.7 Å². The standard InChI is InChI=1S/C12H19N3/c1-9-5-10(2)7-11(6-9)15-12-8-13-3-4-14-12/h3-4,8-11H,5-7H2,1-2H3,(H,14,15). The molecule has 1 heterocycles. The zero-order valence-corrected chi connectivity index (χ0v) is 9.48. The molecule has 2 unspecified atom stereocenters. The summed E-state index contributed by atoms with van der Waals surface area (Å²) in [5.41, 5.74) is 0. The molecule has 0 radical (unpaired) electrons. The van der Waals surface area contributed by atoms with Crippen molar-refractivity contribution >= 4 is 5.82 Å². The summed E-state index contributed by atoms with van der Waals surface area (Å²) in [4.78, 5) is 8.31. The lowest BCUT2D eigenvalue weighted by atomic mass is 9.80. The van der Waals surface area contributed by atoms with Crippen LogP contribution in [0.5, 0.6) is 0 Å². The Hall–Kier alpha value is -1.12. The molecule has 3 heteroatoms. The van der Waals surface area contributed by atoms with E-state index in [4.69, 9.17) is 0 Å². The molecule has 2 atom stereocenters. The van der Waals surface area contributed by atoms with E-state index in [9.17, 15) is 0 Å². The predicted octanol–water partition coefficient (Wildman–Crippen LogP) is 2.71. The summed E-state index contributed by atoms with van der Waals surface area (Å²) in [6, 6.07) is 0.570. The third-order valence-corrected chi connectivity index (χ3v) is 3.09. The van der Waals surface area contributed by atoms with Crippen molar-refractivity contribution in [2.45, 2.75) is 39.2 Å². The van der Waals surface area contributed by atoms with Gasteiger partial charge < -0.3 is 5.32 Å². The van der Waals surface area contributed by atoms with Crippen molar-refractivity contribution in [3.05, 3.63) is 18.6 Å². The van der Waals surface area contributed by atoms with Gasteiger partial charge in [-0.15, -0.1) is 0 Å². The topological polar surface area (TPSA) is 37.8 Å². The molecule has 0 saturated heterocycles. The third-order valence-electron chi connectivity index (χ3n) is 3.09. The average molecular weight is 205 g/mol. The van der Waals surface area contributed by atoms with Gasteiger partial charge in [0.1, 0.15) is 5.82 Å². The van der Waals surface area contributed by atoms with Crippen LogP contribution in [0.4, 0.5) is 5.82 Å². The van der Waals surface area contributed by atoms with Crippen molar-refractivity contribution in [3.63, 3.8) is 0 Å². The van der Waals surface area contributed by atoms with Crippen molar-refractivity contribution in [2.75, 3.05) is 5.32 Å². The predicted molar refractivity (Wildman–Crippen MR) is 61.6 cm³/mol. The summed E-state index contributed by atoms with van der Waals surface area (Å²) in [6.45, 7) is 4.67. The highest BCUT2D eigenvalue weighted by atomic mass is 15.0. The number of aromatic nitrogens is 2. The normalized spacial score (nSPS) is 31.2. The summed E-state index contributed by atoms with van der Waals surface area (Å²) in [5, 5.41) is 3.47. The molecule has 1 fully saturated rings. The third kappa shape index (κ3) is 2.91. The van der Waals surface area contributed by atoms with Gasteiger partial charge in [-0.05, 0) is 31.1 Å². The minimum Gasteiger partial charge on any atom is -0.366 e. The van der Waals surface area contributed by atoms with Crippen LogP contribution < -0.4 is 5.32 Å². The van der Waals surface area contributed by atoms with Crippen LogP contribution in [-0.4, -0.2) is 16.0 Å². The molecule has 1 N–H and O–H groups in total. The molecule has 3 nitrogen and oxygen atoms in total. The molecule has 15 heavy (non-hydrogen) atoms. The summed E-state index contributed by atoms with van der Waals surface area (Å²) < 4.78 is 0. The molecule has 1 aromatic rings. The van der Waals surface area contributed by atoms with Crippen LogP contribution in [0.3, 0.4) is 0 Å². The summed E-state index contributed by atoms with van der Waals surface area (Å²) in [5.74, 6) is 2.55. The highest BCUT2D eigenvalue weighted by molar-refractivity contribution is 5.31. The molecule has 1 saturated carbocycles. The van der Waals surface area contributed by atoms with E-state index in [0.29, 0.717) is 6.04 Å². The van der Waals surface area contributed by atoms with Gasteiger partial charge in [-0.2, -0.15) is 0 Å². The molecule has 0 bridgehead atoms. The maximum Gasteiger partial charge on any atom is 0.144 e. The van der Waals surface area contributed by atoms with Gasteiger partial charge in [0.15, 0.2) is 0 Å². The first-order valence-corrected chi connectivity index (χ1v) is 5.76. The van der Waals surface area contributed by atoms with Gasteiger partial charge in [0.05, 0.1) is 6.20 Å². The van der Waals surface area contributed by atoms with Gasteiger partial charge >= 0.3 is 0 Å². The van der Waals surface area contributed by atoms with E-state index in [1.807, 2.05) is 0 Å². The molecular formula is C12H19N3. The van der Waals surface area contributed by atoms with Crippen LogP contribution in [-0.2, 0) is 0 Å². The van der Waals surface area contributed by atoms with Gasteiger partial charge in [-0.1, -0.05) is 13.8 Å². The lowest BCUT2D eigenvalue weighted by molar-refractivity contribution is 0.280. The number of nitrogens with one attached hydrogen (secondary N) is 1. The highest BCUT2D eigenvalue weighted by Crippen LogP contribution is 2.29. The second-order valence-corrected chi connectivity index (χ2v) is 4.85. The van der Waals surface area contributed by atoms with Crippen molar-refractivity contribution in [1.82, 2.24) is 9.97 Å². The second-order valence-electron chi connectivity index (χ2n) is 4.85. The molecule has 0 spiro atoms. The van der Waals surface area contributed by atoms with Gasteiger partial charge in [0, 0.05) is 18.4 Å². The first-order chi connectivity index (χ1) is 7.24. The SMILES string of the molecule is CC1CC(C)CC(Nc2cnccn2)C1. The summed E-state index contributed by atoms with van der Waals surface area (Å²) in [6.07, 6.45) is 9.10. The maximum atomic E-state index is 4.25. The van der Waals surface area contributed by atoms with Crippen LogP contribution in [0.2, 0.25) is 0 Å². The average Bonchev–Trinajstić information content (AvgIpc) is 2.17. The first-order valence-electron chi connectivity index (χ1n) is 5.76. The Kier molecular flexibility index (Phi) is 3.19. The smallest absolute Gasteiger partial charge is 0.144 e. The molecule has 2 rings (SSSR count). The van der Waals surface area contributed by atoms with E-state index in [1.165, 1.54) is 19.3 Å². The van der Waals surface area contributed by atoms with Gasteiger partial charge in [-0.3, -0.25) is 4.98 Å². The van der Waals surface area contributed by atoms with Crippen LogP contribution in [0.15, 0.2) is 18.6 Å². The van der Waals surface area contributed by atoms with E-state index < -0.39 is 0 Å². The lowest BCUT2D eigenvalue weighted by Gasteiger charge is -2.32. The zero-order chi connectivity index (χ0) is 10.7. The van der Waals surface area contributed by atoms with E-state index >= 15 is 0 Å². The Morgan fingerprint density at radius 3 is 2.47 bits per heavy atom. The first kappa shape index (κ1) is 10.4. The zero-order valence-electron chi connectivity index (χ0n) is 9.48. The van der Waals surface area contributed by atoms with Crippen molar-refractivity contribution in [2.24, 2.45) is 11.8 Å².